The van der Waals surface area contributed by atoms with Gasteiger partial charge in [0, 0.05) is 11.5 Å². The van der Waals surface area contributed by atoms with Gasteiger partial charge in [-0.3, -0.25) is 4.79 Å². The van der Waals surface area contributed by atoms with Crippen LogP contribution in [0.2, 0.25) is 0 Å². The maximum absolute atomic E-state index is 12.7. The summed E-state index contributed by atoms with van der Waals surface area (Å²) in [5.74, 6) is 1.40. The Labute approximate surface area is 153 Å². The fourth-order valence-corrected chi connectivity index (χ4v) is 7.38. The van der Waals surface area contributed by atoms with Gasteiger partial charge in [-0.25, -0.2) is 12.7 Å². The number of sulfonamides is 1. The number of nitrogens with zero attached hydrogens (tertiary/aromatic N) is 1. The highest BCUT2D eigenvalue weighted by Crippen LogP contribution is 2.60. The van der Waals surface area contributed by atoms with E-state index in [-0.39, 0.29) is 17.2 Å². The van der Waals surface area contributed by atoms with E-state index < -0.39 is 15.9 Å². The van der Waals surface area contributed by atoms with Gasteiger partial charge in [0.15, 0.2) is 11.5 Å². The van der Waals surface area contributed by atoms with Crippen LogP contribution < -0.4 is 9.47 Å². The summed E-state index contributed by atoms with van der Waals surface area (Å²) >= 11 is 0. The third-order valence-corrected chi connectivity index (χ3v) is 8.08. The van der Waals surface area contributed by atoms with Crippen molar-refractivity contribution in [2.24, 2.45) is 11.3 Å². The quantitative estimate of drug-likeness (QED) is 0.754. The summed E-state index contributed by atoms with van der Waals surface area (Å²) in [7, 11) is -0.430. The Balaban J connectivity index is 1.57. The van der Waals surface area contributed by atoms with Gasteiger partial charge in [-0.15, -0.1) is 0 Å². The van der Waals surface area contributed by atoms with Crippen LogP contribution in [-0.4, -0.2) is 44.6 Å². The summed E-state index contributed by atoms with van der Waals surface area (Å²) in [6.45, 7) is 0. The molecule has 2 aliphatic carbocycles. The monoisotopic (exact) mass is 377 g/mol. The molecule has 1 spiro atoms. The third-order valence-electron chi connectivity index (χ3n) is 6.10. The summed E-state index contributed by atoms with van der Waals surface area (Å²) in [5.41, 5.74) is 0.548. The molecule has 4 rings (SSSR count). The molecular weight excluding hydrogens is 354 g/mol. The van der Waals surface area contributed by atoms with Gasteiger partial charge in [0.25, 0.3) is 5.91 Å². The number of hydrogen-bond acceptors (Lipinski definition) is 5. The van der Waals surface area contributed by atoms with E-state index in [1.54, 1.807) is 38.5 Å². The molecule has 3 unspecified atom stereocenters. The lowest BCUT2D eigenvalue weighted by Crippen LogP contribution is -2.41. The fourth-order valence-electron chi connectivity index (χ4n) is 5.03. The number of methoxy groups -OCH3 is 2. The summed E-state index contributed by atoms with van der Waals surface area (Å²) in [6.07, 6.45) is 6.75. The van der Waals surface area contributed by atoms with Crippen LogP contribution in [0, 0.1) is 11.3 Å². The van der Waals surface area contributed by atoms with E-state index in [0.29, 0.717) is 17.4 Å². The number of rotatable bonds is 4. The average molecular weight is 377 g/mol. The first kappa shape index (κ1) is 17.4. The number of carbonyl (C=O) groups excluding carboxylic acids is 1. The molecule has 1 aliphatic heterocycles. The van der Waals surface area contributed by atoms with Crippen LogP contribution in [0.5, 0.6) is 11.5 Å². The van der Waals surface area contributed by atoms with Crippen LogP contribution in [0.25, 0.3) is 6.08 Å². The van der Waals surface area contributed by atoms with E-state index in [9.17, 15) is 13.2 Å². The normalized spacial score (nSPS) is 31.4. The Morgan fingerprint density at radius 2 is 2.04 bits per heavy atom. The van der Waals surface area contributed by atoms with Crippen molar-refractivity contribution in [1.29, 1.82) is 0 Å². The molecule has 0 aromatic heterocycles. The number of amides is 1. The molecule has 3 fully saturated rings. The number of benzene rings is 1. The Morgan fingerprint density at radius 1 is 1.27 bits per heavy atom. The van der Waals surface area contributed by atoms with Crippen molar-refractivity contribution in [1.82, 2.24) is 4.31 Å². The Hall–Kier alpha value is -2.02. The molecule has 26 heavy (non-hydrogen) atoms. The summed E-state index contributed by atoms with van der Waals surface area (Å²) in [5, 5.41) is 0. The lowest BCUT2D eigenvalue weighted by molar-refractivity contribution is -0.123. The van der Waals surface area contributed by atoms with Gasteiger partial charge in [-0.2, -0.15) is 0 Å². The summed E-state index contributed by atoms with van der Waals surface area (Å²) in [4.78, 5) is 12.7. The van der Waals surface area contributed by atoms with Crippen LogP contribution in [0.3, 0.4) is 0 Å². The van der Waals surface area contributed by atoms with E-state index in [1.807, 2.05) is 0 Å². The molecule has 2 saturated carbocycles. The molecule has 2 bridgehead atoms. The minimum absolute atomic E-state index is 0.122. The van der Waals surface area contributed by atoms with Crippen molar-refractivity contribution >= 4 is 22.0 Å². The second-order valence-electron chi connectivity index (χ2n) is 7.56. The van der Waals surface area contributed by atoms with E-state index in [0.717, 1.165) is 35.6 Å². The van der Waals surface area contributed by atoms with Crippen molar-refractivity contribution in [2.45, 2.75) is 31.7 Å². The van der Waals surface area contributed by atoms with Gasteiger partial charge < -0.3 is 9.47 Å². The largest absolute Gasteiger partial charge is 0.493 e. The molecule has 1 aromatic carbocycles. The molecule has 6 nitrogen and oxygen atoms in total. The lowest BCUT2D eigenvalue weighted by Gasteiger charge is -2.30. The number of carbonyl (C=O) groups is 1. The highest BCUT2D eigenvalue weighted by molar-refractivity contribution is 7.90. The Bertz CT molecular complexity index is 878. The molecule has 1 amide bonds. The molecule has 3 aliphatic rings. The molecule has 3 atom stereocenters. The van der Waals surface area contributed by atoms with Crippen molar-refractivity contribution in [3.05, 3.63) is 29.8 Å². The van der Waals surface area contributed by atoms with Crippen LogP contribution >= 0.6 is 0 Å². The van der Waals surface area contributed by atoms with Crippen LogP contribution in [0.4, 0.5) is 0 Å². The zero-order chi connectivity index (χ0) is 18.5. The zero-order valence-corrected chi connectivity index (χ0v) is 15.8. The SMILES string of the molecule is COc1ccc(/C=C/C(=O)N2C3CC4CCC3(C4)CS2(=O)=O)cc1OC. The van der Waals surface area contributed by atoms with Crippen molar-refractivity contribution in [3.63, 3.8) is 0 Å². The van der Waals surface area contributed by atoms with Crippen molar-refractivity contribution < 1.29 is 22.7 Å². The lowest BCUT2D eigenvalue weighted by atomic mass is 9.82. The molecule has 140 valence electrons. The van der Waals surface area contributed by atoms with Gasteiger partial charge in [0.05, 0.1) is 26.0 Å². The first-order valence-electron chi connectivity index (χ1n) is 8.85. The number of fused-ring (bicyclic) bond motifs is 1. The molecule has 1 heterocycles. The van der Waals surface area contributed by atoms with Crippen LogP contribution in [0.1, 0.15) is 31.2 Å². The van der Waals surface area contributed by atoms with Gasteiger partial charge >= 0.3 is 0 Å². The van der Waals surface area contributed by atoms with Crippen molar-refractivity contribution in [3.8, 4) is 11.5 Å². The maximum atomic E-state index is 12.7. The highest BCUT2D eigenvalue weighted by Gasteiger charge is 2.63. The van der Waals surface area contributed by atoms with Gasteiger partial charge in [-0.1, -0.05) is 6.07 Å². The Kier molecular flexibility index (Phi) is 4.02. The van der Waals surface area contributed by atoms with Crippen LogP contribution in [-0.2, 0) is 14.8 Å². The minimum Gasteiger partial charge on any atom is -0.493 e. The minimum atomic E-state index is -3.53. The van der Waals surface area contributed by atoms with Crippen LogP contribution in [0.15, 0.2) is 24.3 Å². The highest BCUT2D eigenvalue weighted by atomic mass is 32.2. The second-order valence-corrected chi connectivity index (χ2v) is 9.41. The summed E-state index contributed by atoms with van der Waals surface area (Å²) in [6, 6.07) is 5.14. The van der Waals surface area contributed by atoms with Gasteiger partial charge in [0.2, 0.25) is 10.0 Å². The van der Waals surface area contributed by atoms with E-state index in [1.165, 1.54) is 6.08 Å². The molecule has 1 saturated heterocycles. The molecule has 1 aromatic rings. The molecule has 0 N–H and O–H groups in total. The smallest absolute Gasteiger partial charge is 0.260 e. The second kappa shape index (κ2) is 6.01. The predicted octanol–water partition coefficient (Wildman–Crippen LogP) is 2.45. The topological polar surface area (TPSA) is 72.9 Å². The van der Waals surface area contributed by atoms with Gasteiger partial charge in [-0.05, 0) is 55.4 Å². The van der Waals surface area contributed by atoms with Gasteiger partial charge in [0.1, 0.15) is 0 Å². The van der Waals surface area contributed by atoms with E-state index >= 15 is 0 Å². The number of ether oxygens (including phenoxy) is 2. The number of hydrogen-bond donors (Lipinski definition) is 0. The Morgan fingerprint density at radius 3 is 2.73 bits per heavy atom. The molecular formula is C19H23NO5S. The molecule has 7 heteroatoms. The fraction of sp³-hybridized carbons (Fsp3) is 0.526. The van der Waals surface area contributed by atoms with E-state index in [4.69, 9.17) is 9.47 Å². The first-order chi connectivity index (χ1) is 12.4. The average Bonchev–Trinajstić information content (AvgIpc) is 3.22. The van der Waals surface area contributed by atoms with E-state index in [2.05, 4.69) is 0 Å². The maximum Gasteiger partial charge on any atom is 0.260 e. The third kappa shape index (κ3) is 2.60. The zero-order valence-electron chi connectivity index (χ0n) is 15.0. The predicted molar refractivity (Wildman–Crippen MR) is 97.4 cm³/mol. The van der Waals surface area contributed by atoms with Crippen molar-refractivity contribution in [2.75, 3.05) is 20.0 Å². The standard InChI is InChI=1S/C19H23NO5S/c1-24-15-5-3-13(9-16(15)25-2)4-6-18(21)20-17-10-14-7-8-19(17,11-14)12-26(20,22)23/h3-6,9,14,17H,7-8,10-12H2,1-2H3/b6-4+. The first-order valence-corrected chi connectivity index (χ1v) is 10.5. The summed E-state index contributed by atoms with van der Waals surface area (Å²) < 4.78 is 36.9. The molecule has 0 radical (unpaired) electrons.